The number of fused-ring (bicyclic) bond motifs is 1. The number of aromatic nitrogens is 3. The molecule has 0 aliphatic heterocycles. The average Bonchev–Trinajstić information content (AvgIpc) is 3.05. The molecule has 0 unspecified atom stereocenters. The molecule has 124 valence electrons. The van der Waals surface area contributed by atoms with Crippen LogP contribution in [-0.2, 0) is 0 Å². The fraction of sp³-hybridized carbons (Fsp3) is 0.0526. The second-order valence-corrected chi connectivity index (χ2v) is 6.55. The molecule has 0 bridgehead atoms. The van der Waals surface area contributed by atoms with Crippen LogP contribution in [0.3, 0.4) is 0 Å². The number of rotatable bonds is 3. The molecule has 0 saturated carbocycles. The van der Waals surface area contributed by atoms with Gasteiger partial charge in [-0.1, -0.05) is 28.1 Å². The summed E-state index contributed by atoms with van der Waals surface area (Å²) in [5, 5.41) is 0. The Morgan fingerprint density at radius 3 is 2.60 bits per heavy atom. The molecule has 0 fully saturated rings. The summed E-state index contributed by atoms with van der Waals surface area (Å²) in [6.45, 7) is 0. The lowest BCUT2D eigenvalue weighted by atomic mass is 10.1. The average molecular weight is 395 g/mol. The Balaban J connectivity index is 1.80. The van der Waals surface area contributed by atoms with Gasteiger partial charge in [-0.25, -0.2) is 9.97 Å². The quantitative estimate of drug-likeness (QED) is 0.530. The number of pyridine rings is 1. The third-order valence-electron chi connectivity index (χ3n) is 4.04. The van der Waals surface area contributed by atoms with Gasteiger partial charge in [-0.3, -0.25) is 0 Å². The summed E-state index contributed by atoms with van der Waals surface area (Å²) >= 11 is 3.47. The highest BCUT2D eigenvalue weighted by atomic mass is 79.9. The molecule has 2 heterocycles. The zero-order chi connectivity index (χ0) is 17.4. The molecule has 2 aromatic carbocycles. The smallest absolute Gasteiger partial charge is 0.142 e. The molecule has 5 nitrogen and oxygen atoms in total. The zero-order valence-electron chi connectivity index (χ0n) is 13.5. The maximum atomic E-state index is 6.10. The molecule has 0 saturated heterocycles. The van der Waals surface area contributed by atoms with Crippen molar-refractivity contribution in [2.24, 2.45) is 0 Å². The van der Waals surface area contributed by atoms with Crippen LogP contribution in [0.2, 0.25) is 0 Å². The van der Waals surface area contributed by atoms with Crippen LogP contribution in [0.4, 0.5) is 5.82 Å². The molecule has 6 heteroatoms. The van der Waals surface area contributed by atoms with Crippen LogP contribution in [0.5, 0.6) is 5.75 Å². The lowest BCUT2D eigenvalue weighted by Gasteiger charge is -2.07. The van der Waals surface area contributed by atoms with Gasteiger partial charge >= 0.3 is 0 Å². The van der Waals surface area contributed by atoms with Crippen molar-refractivity contribution in [2.45, 2.75) is 0 Å². The predicted molar refractivity (Wildman–Crippen MR) is 103 cm³/mol. The number of hydrogen-bond donors (Lipinski definition) is 2. The number of hydrogen-bond acceptors (Lipinski definition) is 4. The van der Waals surface area contributed by atoms with Gasteiger partial charge in [0.05, 0.1) is 23.7 Å². The van der Waals surface area contributed by atoms with Crippen molar-refractivity contribution in [1.29, 1.82) is 0 Å². The van der Waals surface area contributed by atoms with E-state index in [9.17, 15) is 0 Å². The fourth-order valence-electron chi connectivity index (χ4n) is 2.72. The van der Waals surface area contributed by atoms with Gasteiger partial charge in [-0.15, -0.1) is 0 Å². The monoisotopic (exact) mass is 394 g/mol. The van der Waals surface area contributed by atoms with E-state index in [4.69, 9.17) is 10.5 Å². The van der Waals surface area contributed by atoms with Crippen molar-refractivity contribution in [1.82, 2.24) is 15.0 Å². The van der Waals surface area contributed by atoms with Gasteiger partial charge in [0.1, 0.15) is 17.4 Å². The summed E-state index contributed by atoms with van der Waals surface area (Å²) in [4.78, 5) is 12.3. The highest BCUT2D eigenvalue weighted by Gasteiger charge is 2.12. The van der Waals surface area contributed by atoms with Crippen molar-refractivity contribution >= 4 is 32.8 Å². The molecule has 0 radical (unpaired) electrons. The maximum Gasteiger partial charge on any atom is 0.142 e. The standard InChI is InChI=1S/C19H15BrN4O/c1-25-14-5-2-11(3-6-14)12-8-15(18(21)22-10-12)19-23-16-7-4-13(20)9-17(16)24-19/h2-10H,1H3,(H2,21,22)(H,23,24). The molecule has 25 heavy (non-hydrogen) atoms. The number of benzene rings is 2. The maximum absolute atomic E-state index is 6.10. The van der Waals surface area contributed by atoms with Crippen LogP contribution in [-0.4, -0.2) is 22.1 Å². The first-order chi connectivity index (χ1) is 12.1. The number of methoxy groups -OCH3 is 1. The number of H-pyrrole nitrogens is 1. The zero-order valence-corrected chi connectivity index (χ0v) is 15.0. The molecule has 2 aromatic heterocycles. The van der Waals surface area contributed by atoms with E-state index in [1.54, 1.807) is 13.3 Å². The molecular weight excluding hydrogens is 380 g/mol. The van der Waals surface area contributed by atoms with Gasteiger partial charge in [0.2, 0.25) is 0 Å². The summed E-state index contributed by atoms with van der Waals surface area (Å²) in [6, 6.07) is 15.7. The molecule has 0 amide bonds. The van der Waals surface area contributed by atoms with Gasteiger partial charge < -0.3 is 15.5 Å². The number of aromatic amines is 1. The highest BCUT2D eigenvalue weighted by Crippen LogP contribution is 2.30. The Hall–Kier alpha value is -2.86. The Morgan fingerprint density at radius 2 is 1.84 bits per heavy atom. The van der Waals surface area contributed by atoms with Crippen LogP contribution < -0.4 is 10.5 Å². The fourth-order valence-corrected chi connectivity index (χ4v) is 3.08. The van der Waals surface area contributed by atoms with E-state index in [1.807, 2.05) is 48.5 Å². The number of imidazole rings is 1. The van der Waals surface area contributed by atoms with E-state index >= 15 is 0 Å². The number of nitrogens with two attached hydrogens (primary N) is 1. The number of halogens is 1. The molecule has 0 aliphatic carbocycles. The second kappa shape index (κ2) is 6.22. The second-order valence-electron chi connectivity index (χ2n) is 5.63. The van der Waals surface area contributed by atoms with Gasteiger partial charge in [0, 0.05) is 16.2 Å². The Kier molecular flexibility index (Phi) is 3.89. The molecule has 3 N–H and O–H groups in total. The first-order valence-corrected chi connectivity index (χ1v) is 8.49. The van der Waals surface area contributed by atoms with E-state index in [2.05, 4.69) is 30.9 Å². The summed E-state index contributed by atoms with van der Waals surface area (Å²) in [6.07, 6.45) is 1.76. The van der Waals surface area contributed by atoms with Gasteiger partial charge in [0.15, 0.2) is 0 Å². The first kappa shape index (κ1) is 15.7. The SMILES string of the molecule is COc1ccc(-c2cnc(N)c(-c3nc4ccc(Br)cc4[nH]3)c2)cc1. The van der Waals surface area contributed by atoms with Crippen molar-refractivity contribution in [3.63, 3.8) is 0 Å². The third-order valence-corrected chi connectivity index (χ3v) is 4.53. The van der Waals surface area contributed by atoms with Crippen LogP contribution in [0.15, 0.2) is 59.2 Å². The number of nitrogens with zero attached hydrogens (tertiary/aromatic N) is 2. The lowest BCUT2D eigenvalue weighted by Crippen LogP contribution is -1.96. The Bertz CT molecular complexity index is 1060. The minimum Gasteiger partial charge on any atom is -0.497 e. The van der Waals surface area contributed by atoms with Crippen molar-refractivity contribution in [2.75, 3.05) is 12.8 Å². The number of ether oxygens (including phenoxy) is 1. The third kappa shape index (κ3) is 2.96. The Morgan fingerprint density at radius 1 is 1.04 bits per heavy atom. The molecule has 0 aliphatic rings. The van der Waals surface area contributed by atoms with E-state index in [0.717, 1.165) is 37.9 Å². The van der Waals surface area contributed by atoms with Gasteiger partial charge in [-0.2, -0.15) is 0 Å². The summed E-state index contributed by atoms with van der Waals surface area (Å²) in [5.41, 5.74) is 10.7. The lowest BCUT2D eigenvalue weighted by molar-refractivity contribution is 0.415. The van der Waals surface area contributed by atoms with Crippen molar-refractivity contribution < 1.29 is 4.74 Å². The van der Waals surface area contributed by atoms with Crippen LogP contribution in [0, 0.1) is 0 Å². The van der Waals surface area contributed by atoms with Crippen molar-refractivity contribution in [3.8, 4) is 28.3 Å². The van der Waals surface area contributed by atoms with Crippen LogP contribution in [0.1, 0.15) is 0 Å². The van der Waals surface area contributed by atoms with Crippen molar-refractivity contribution in [3.05, 3.63) is 59.2 Å². The molecule has 4 aromatic rings. The Labute approximate surface area is 153 Å². The number of anilines is 1. The van der Waals surface area contributed by atoms with E-state index in [-0.39, 0.29) is 0 Å². The summed E-state index contributed by atoms with van der Waals surface area (Å²) < 4.78 is 6.20. The topological polar surface area (TPSA) is 76.8 Å². The molecular formula is C19H15BrN4O. The predicted octanol–water partition coefficient (Wildman–Crippen LogP) is 4.65. The normalized spacial score (nSPS) is 11.0. The van der Waals surface area contributed by atoms with Crippen LogP contribution >= 0.6 is 15.9 Å². The summed E-state index contributed by atoms with van der Waals surface area (Å²) in [7, 11) is 1.65. The van der Waals surface area contributed by atoms with E-state index < -0.39 is 0 Å². The molecule has 0 atom stereocenters. The largest absolute Gasteiger partial charge is 0.497 e. The van der Waals surface area contributed by atoms with Gasteiger partial charge in [-0.05, 0) is 42.0 Å². The highest BCUT2D eigenvalue weighted by molar-refractivity contribution is 9.10. The summed E-state index contributed by atoms with van der Waals surface area (Å²) in [5.74, 6) is 1.96. The minimum atomic E-state index is 0.440. The van der Waals surface area contributed by atoms with Gasteiger partial charge in [0.25, 0.3) is 0 Å². The number of nitrogens with one attached hydrogen (secondary N) is 1. The van der Waals surface area contributed by atoms with Crippen LogP contribution in [0.25, 0.3) is 33.5 Å². The molecule has 0 spiro atoms. The van der Waals surface area contributed by atoms with E-state index in [0.29, 0.717) is 11.6 Å². The first-order valence-electron chi connectivity index (χ1n) is 7.69. The van der Waals surface area contributed by atoms with E-state index in [1.165, 1.54) is 0 Å². The minimum absolute atomic E-state index is 0.440. The number of nitrogen functional groups attached to an aromatic ring is 1. The molecule has 4 rings (SSSR count).